The van der Waals surface area contributed by atoms with E-state index >= 15 is 0 Å². The van der Waals surface area contributed by atoms with Gasteiger partial charge in [0.1, 0.15) is 11.5 Å². The van der Waals surface area contributed by atoms with Crippen LogP contribution in [0.15, 0.2) is 56.5 Å². The molecule has 0 radical (unpaired) electrons. The first-order valence-electron chi connectivity index (χ1n) is 10.9. The highest BCUT2D eigenvalue weighted by Gasteiger charge is 2.36. The Morgan fingerprint density at radius 2 is 2.00 bits per heavy atom. The number of carbonyl (C=O) groups excluding carboxylic acids is 1. The maximum absolute atomic E-state index is 13.5. The highest BCUT2D eigenvalue weighted by Crippen LogP contribution is 2.29. The molecule has 0 aliphatic carbocycles. The lowest BCUT2D eigenvalue weighted by Crippen LogP contribution is -2.45. The fourth-order valence-corrected chi connectivity index (χ4v) is 5.66. The van der Waals surface area contributed by atoms with Gasteiger partial charge in [0.05, 0.1) is 12.2 Å². The predicted octanol–water partition coefficient (Wildman–Crippen LogP) is 3.77. The van der Waals surface area contributed by atoms with Crippen LogP contribution in [0.5, 0.6) is 0 Å². The van der Waals surface area contributed by atoms with Crippen LogP contribution in [-0.4, -0.2) is 36.9 Å². The Hall–Kier alpha value is -3.17. The number of piperidine rings is 1. The summed E-state index contributed by atoms with van der Waals surface area (Å²) >= 11 is 0. The molecule has 2 aromatic heterocycles. The van der Waals surface area contributed by atoms with E-state index in [4.69, 9.17) is 8.94 Å². The topological polar surface area (TPSA) is 106 Å². The van der Waals surface area contributed by atoms with Gasteiger partial charge >= 0.3 is 0 Å². The standard InChI is InChI=1S/C24H27N3O5S/c1-17-7-9-19(10-8-17)15-25-24(28)20-5-3-13-27(16-20)33(29,30)23-18(2)26-32-22(23)12-11-21-6-4-14-31-21/h4,6-12,14,20H,3,5,13,15-16H2,1-2H3,(H,25,28)/b12-11+. The second-order valence-corrected chi connectivity index (χ2v) is 10.1. The number of furan rings is 1. The van der Waals surface area contributed by atoms with Crippen LogP contribution in [-0.2, 0) is 21.4 Å². The number of benzene rings is 1. The number of nitrogens with zero attached hydrogens (tertiary/aromatic N) is 2. The summed E-state index contributed by atoms with van der Waals surface area (Å²) in [5.41, 5.74) is 2.43. The van der Waals surface area contributed by atoms with Crippen LogP contribution < -0.4 is 5.32 Å². The lowest BCUT2D eigenvalue weighted by Gasteiger charge is -2.31. The van der Waals surface area contributed by atoms with Crippen LogP contribution in [0.3, 0.4) is 0 Å². The number of nitrogens with one attached hydrogen (secondary N) is 1. The van der Waals surface area contributed by atoms with Gasteiger partial charge in [-0.3, -0.25) is 4.79 Å². The predicted molar refractivity (Wildman–Crippen MR) is 123 cm³/mol. The molecule has 1 amide bonds. The molecule has 174 valence electrons. The van der Waals surface area contributed by atoms with Crippen molar-refractivity contribution in [2.45, 2.75) is 38.1 Å². The molecular formula is C24H27N3O5S. The van der Waals surface area contributed by atoms with Crippen molar-refractivity contribution in [3.63, 3.8) is 0 Å². The second-order valence-electron chi connectivity index (χ2n) is 8.22. The van der Waals surface area contributed by atoms with Crippen molar-refractivity contribution in [3.05, 3.63) is 71.0 Å². The van der Waals surface area contributed by atoms with Gasteiger partial charge in [0.2, 0.25) is 15.9 Å². The fourth-order valence-electron chi connectivity index (χ4n) is 3.89. The van der Waals surface area contributed by atoms with E-state index in [1.807, 2.05) is 31.2 Å². The summed E-state index contributed by atoms with van der Waals surface area (Å²) in [4.78, 5) is 12.8. The Kier molecular flexibility index (Phi) is 6.80. The summed E-state index contributed by atoms with van der Waals surface area (Å²) in [6.07, 6.45) is 5.92. The van der Waals surface area contributed by atoms with Crippen LogP contribution in [0.4, 0.5) is 0 Å². The third-order valence-corrected chi connectivity index (χ3v) is 7.74. The van der Waals surface area contributed by atoms with Gasteiger partial charge in [0.15, 0.2) is 10.7 Å². The van der Waals surface area contributed by atoms with E-state index in [1.54, 1.807) is 25.1 Å². The molecule has 33 heavy (non-hydrogen) atoms. The first-order valence-corrected chi connectivity index (χ1v) is 12.3. The zero-order valence-electron chi connectivity index (χ0n) is 18.7. The molecule has 1 aromatic carbocycles. The van der Waals surface area contributed by atoms with Crippen molar-refractivity contribution < 1.29 is 22.2 Å². The van der Waals surface area contributed by atoms with Gasteiger partial charge < -0.3 is 14.3 Å². The Labute approximate surface area is 193 Å². The van der Waals surface area contributed by atoms with Crippen molar-refractivity contribution in [1.29, 1.82) is 0 Å². The molecule has 1 fully saturated rings. The number of hydrogen-bond acceptors (Lipinski definition) is 6. The summed E-state index contributed by atoms with van der Waals surface area (Å²) in [5, 5.41) is 6.80. The SMILES string of the molecule is Cc1ccc(CNC(=O)C2CCCN(S(=O)(=O)c3c(C)noc3/C=C/c3ccco3)C2)cc1. The molecule has 1 unspecified atom stereocenters. The number of hydrogen-bond donors (Lipinski definition) is 1. The van der Waals surface area contributed by atoms with Crippen molar-refractivity contribution >= 4 is 28.1 Å². The monoisotopic (exact) mass is 469 g/mol. The zero-order valence-corrected chi connectivity index (χ0v) is 19.5. The van der Waals surface area contributed by atoms with Crippen molar-refractivity contribution in [1.82, 2.24) is 14.8 Å². The first-order chi connectivity index (χ1) is 15.8. The number of amides is 1. The van der Waals surface area contributed by atoms with E-state index < -0.39 is 15.9 Å². The Balaban J connectivity index is 1.46. The molecule has 1 aliphatic heterocycles. The van der Waals surface area contributed by atoms with Crippen molar-refractivity contribution in [2.75, 3.05) is 13.1 Å². The number of aromatic nitrogens is 1. The van der Waals surface area contributed by atoms with Gasteiger partial charge in [0.25, 0.3) is 0 Å². The van der Waals surface area contributed by atoms with Crippen molar-refractivity contribution in [3.8, 4) is 0 Å². The molecule has 0 bridgehead atoms. The summed E-state index contributed by atoms with van der Waals surface area (Å²) in [6, 6.07) is 11.4. The van der Waals surface area contributed by atoms with E-state index in [1.165, 1.54) is 16.6 Å². The smallest absolute Gasteiger partial charge is 0.248 e. The number of aryl methyl sites for hydroxylation is 2. The van der Waals surface area contributed by atoms with Gasteiger partial charge in [-0.15, -0.1) is 0 Å². The maximum Gasteiger partial charge on any atom is 0.248 e. The van der Waals surface area contributed by atoms with Gasteiger partial charge in [-0.2, -0.15) is 4.31 Å². The van der Waals surface area contributed by atoms with Crippen LogP contribution in [0.25, 0.3) is 12.2 Å². The highest BCUT2D eigenvalue weighted by atomic mass is 32.2. The minimum Gasteiger partial charge on any atom is -0.465 e. The minimum absolute atomic E-state index is 0.0195. The summed E-state index contributed by atoms with van der Waals surface area (Å²) < 4.78 is 38.8. The van der Waals surface area contributed by atoms with Gasteiger partial charge in [-0.1, -0.05) is 35.0 Å². The van der Waals surface area contributed by atoms with Crippen LogP contribution in [0.2, 0.25) is 0 Å². The van der Waals surface area contributed by atoms with E-state index in [0.29, 0.717) is 31.7 Å². The van der Waals surface area contributed by atoms with Crippen molar-refractivity contribution in [2.24, 2.45) is 5.92 Å². The van der Waals surface area contributed by atoms with E-state index in [9.17, 15) is 13.2 Å². The van der Waals surface area contributed by atoms with E-state index in [0.717, 1.165) is 11.1 Å². The van der Waals surface area contributed by atoms with Gasteiger partial charge in [-0.05, 0) is 56.5 Å². The molecule has 0 saturated carbocycles. The normalized spacial score (nSPS) is 17.5. The largest absolute Gasteiger partial charge is 0.465 e. The Morgan fingerprint density at radius 1 is 1.21 bits per heavy atom. The fraction of sp³-hybridized carbons (Fsp3) is 0.333. The maximum atomic E-state index is 13.5. The van der Waals surface area contributed by atoms with Crippen LogP contribution >= 0.6 is 0 Å². The van der Waals surface area contributed by atoms with Crippen LogP contribution in [0.1, 0.15) is 41.2 Å². The molecule has 4 rings (SSSR count). The highest BCUT2D eigenvalue weighted by molar-refractivity contribution is 7.89. The molecule has 0 spiro atoms. The molecule has 8 nitrogen and oxygen atoms in total. The number of carbonyl (C=O) groups is 1. The van der Waals surface area contributed by atoms with Gasteiger partial charge in [0, 0.05) is 19.6 Å². The summed E-state index contributed by atoms with van der Waals surface area (Å²) in [7, 11) is -3.89. The third kappa shape index (κ3) is 5.26. The summed E-state index contributed by atoms with van der Waals surface area (Å²) in [6.45, 7) is 4.48. The van der Waals surface area contributed by atoms with Crippen LogP contribution in [0, 0.1) is 19.8 Å². The Morgan fingerprint density at radius 3 is 2.73 bits per heavy atom. The summed E-state index contributed by atoms with van der Waals surface area (Å²) in [5.74, 6) is 0.141. The minimum atomic E-state index is -3.89. The van der Waals surface area contributed by atoms with E-state index in [-0.39, 0.29) is 28.8 Å². The zero-order chi connectivity index (χ0) is 23.4. The molecule has 9 heteroatoms. The van der Waals surface area contributed by atoms with E-state index in [2.05, 4.69) is 10.5 Å². The average Bonchev–Trinajstić information content (AvgIpc) is 3.47. The lowest BCUT2D eigenvalue weighted by atomic mass is 9.98. The quantitative estimate of drug-likeness (QED) is 0.565. The number of rotatable bonds is 7. The molecule has 1 N–H and O–H groups in total. The third-order valence-electron chi connectivity index (χ3n) is 5.72. The van der Waals surface area contributed by atoms with Gasteiger partial charge in [-0.25, -0.2) is 8.42 Å². The Bertz CT molecular complexity index is 1230. The molecular weight excluding hydrogens is 442 g/mol. The molecule has 1 atom stereocenters. The first kappa shape index (κ1) is 23.0. The average molecular weight is 470 g/mol. The second kappa shape index (κ2) is 9.76. The molecule has 1 aliphatic rings. The molecule has 3 heterocycles. The molecule has 1 saturated heterocycles. The lowest BCUT2D eigenvalue weighted by molar-refractivity contribution is -0.126. The molecule has 3 aromatic rings. The number of sulfonamides is 1.